The molecule has 2 rings (SSSR count). The lowest BCUT2D eigenvalue weighted by atomic mass is 9.97. The van der Waals surface area contributed by atoms with E-state index >= 15 is 0 Å². The molecule has 0 unspecified atom stereocenters. The summed E-state index contributed by atoms with van der Waals surface area (Å²) >= 11 is 0. The second kappa shape index (κ2) is 8.50. The average molecular weight is 321 g/mol. The first-order valence-electron chi connectivity index (χ1n) is 8.00. The van der Waals surface area contributed by atoms with E-state index in [0.717, 1.165) is 38.4 Å². The number of esters is 1. The molecule has 0 radical (unpaired) electrons. The Labute approximate surface area is 136 Å². The molecule has 1 fully saturated rings. The molecule has 1 aromatic carbocycles. The molecule has 5 nitrogen and oxygen atoms in total. The van der Waals surface area contributed by atoms with Crippen LogP contribution < -0.4 is 5.32 Å². The number of halogens is 1. The molecule has 0 spiro atoms. The Hall–Kier alpha value is -2.11. The number of rotatable bonds is 4. The maximum Gasteiger partial charge on any atom is 0.308 e. The Kier molecular flexibility index (Phi) is 6.38. The van der Waals surface area contributed by atoms with E-state index < -0.39 is 0 Å². The fourth-order valence-electron chi connectivity index (χ4n) is 2.71. The van der Waals surface area contributed by atoms with E-state index in [1.54, 1.807) is 12.1 Å². The summed E-state index contributed by atoms with van der Waals surface area (Å²) in [5.41, 5.74) is 0.576. The Morgan fingerprint density at radius 2 is 2.09 bits per heavy atom. The predicted molar refractivity (Wildman–Crippen MR) is 87.5 cm³/mol. The summed E-state index contributed by atoms with van der Waals surface area (Å²) in [4.78, 5) is 18.2. The Balaban J connectivity index is 2.00. The first kappa shape index (κ1) is 17.2. The molecule has 0 aliphatic carbocycles. The van der Waals surface area contributed by atoms with Crippen LogP contribution in [0, 0.1) is 11.7 Å². The van der Waals surface area contributed by atoms with Gasteiger partial charge in [-0.2, -0.15) is 0 Å². The topological polar surface area (TPSA) is 53.9 Å². The van der Waals surface area contributed by atoms with E-state index in [1.807, 2.05) is 13.0 Å². The number of nitrogens with one attached hydrogen (secondary N) is 1. The molecule has 0 bridgehead atoms. The zero-order chi connectivity index (χ0) is 16.7. The van der Waals surface area contributed by atoms with Crippen molar-refractivity contribution in [3.8, 4) is 0 Å². The number of hydrogen-bond donors (Lipinski definition) is 1. The third-order valence-corrected chi connectivity index (χ3v) is 4.02. The number of benzene rings is 1. The minimum Gasteiger partial charge on any atom is -0.469 e. The van der Waals surface area contributed by atoms with Crippen LogP contribution in [-0.4, -0.2) is 43.6 Å². The second-order valence-electron chi connectivity index (χ2n) is 5.55. The molecule has 1 aliphatic rings. The Bertz CT molecular complexity index is 555. The molecule has 0 atom stereocenters. The van der Waals surface area contributed by atoms with Gasteiger partial charge in [-0.3, -0.25) is 4.79 Å². The van der Waals surface area contributed by atoms with Crippen LogP contribution in [0.5, 0.6) is 0 Å². The Morgan fingerprint density at radius 3 is 2.70 bits per heavy atom. The summed E-state index contributed by atoms with van der Waals surface area (Å²) in [6.45, 7) is 4.52. The van der Waals surface area contributed by atoms with Gasteiger partial charge in [0.05, 0.1) is 19.6 Å². The molecular formula is C17H24FN3O2. The van der Waals surface area contributed by atoms with Crippen LogP contribution in [0.25, 0.3) is 0 Å². The van der Waals surface area contributed by atoms with Gasteiger partial charge in [-0.15, -0.1) is 0 Å². The number of ether oxygens (including phenoxy) is 1. The largest absolute Gasteiger partial charge is 0.469 e. The highest BCUT2D eigenvalue weighted by molar-refractivity contribution is 5.80. The lowest BCUT2D eigenvalue weighted by Gasteiger charge is -2.33. The van der Waals surface area contributed by atoms with Crippen molar-refractivity contribution in [1.82, 2.24) is 10.2 Å². The summed E-state index contributed by atoms with van der Waals surface area (Å²) in [6.07, 6.45) is 1.49. The van der Waals surface area contributed by atoms with Crippen molar-refractivity contribution in [3.63, 3.8) is 0 Å². The second-order valence-corrected chi connectivity index (χ2v) is 5.55. The first-order chi connectivity index (χ1) is 11.2. The summed E-state index contributed by atoms with van der Waals surface area (Å²) in [5.74, 6) is 0.346. The van der Waals surface area contributed by atoms with Crippen molar-refractivity contribution in [1.29, 1.82) is 0 Å². The van der Waals surface area contributed by atoms with Gasteiger partial charge in [0.15, 0.2) is 5.96 Å². The highest BCUT2D eigenvalue weighted by Gasteiger charge is 2.26. The number of carbonyl (C=O) groups excluding carboxylic acids is 1. The molecule has 1 aromatic rings. The number of likely N-dealkylation sites (tertiary alicyclic amines) is 1. The van der Waals surface area contributed by atoms with Crippen LogP contribution >= 0.6 is 0 Å². The summed E-state index contributed by atoms with van der Waals surface area (Å²) in [5, 5.41) is 3.24. The van der Waals surface area contributed by atoms with Crippen LogP contribution in [0.15, 0.2) is 29.3 Å². The van der Waals surface area contributed by atoms with Crippen molar-refractivity contribution in [3.05, 3.63) is 35.6 Å². The maximum absolute atomic E-state index is 13.7. The van der Waals surface area contributed by atoms with Gasteiger partial charge in [0, 0.05) is 25.2 Å². The van der Waals surface area contributed by atoms with Crippen LogP contribution in [-0.2, 0) is 16.1 Å². The lowest BCUT2D eigenvalue weighted by molar-refractivity contribution is -0.146. The standard InChI is InChI=1S/C17H24FN3O2/c1-3-19-17(20-12-14-6-4-5-7-15(14)18)21-10-8-13(9-11-21)16(22)23-2/h4-7,13H,3,8-12H2,1-2H3,(H,19,20). The van der Waals surface area contributed by atoms with Gasteiger partial charge < -0.3 is 15.0 Å². The minimum atomic E-state index is -0.239. The van der Waals surface area contributed by atoms with Gasteiger partial charge >= 0.3 is 5.97 Å². The first-order valence-corrected chi connectivity index (χ1v) is 8.00. The van der Waals surface area contributed by atoms with Crippen LogP contribution in [0.1, 0.15) is 25.3 Å². The summed E-state index contributed by atoms with van der Waals surface area (Å²) < 4.78 is 18.5. The van der Waals surface area contributed by atoms with E-state index in [9.17, 15) is 9.18 Å². The van der Waals surface area contributed by atoms with Crippen LogP contribution in [0.2, 0.25) is 0 Å². The fourth-order valence-corrected chi connectivity index (χ4v) is 2.71. The molecular weight excluding hydrogens is 297 g/mol. The third-order valence-electron chi connectivity index (χ3n) is 4.02. The van der Waals surface area contributed by atoms with E-state index in [2.05, 4.69) is 15.2 Å². The normalized spacial score (nSPS) is 16.3. The number of hydrogen-bond acceptors (Lipinski definition) is 3. The van der Waals surface area contributed by atoms with Crippen LogP contribution in [0.4, 0.5) is 4.39 Å². The van der Waals surface area contributed by atoms with Crippen molar-refractivity contribution < 1.29 is 13.9 Å². The molecule has 0 aromatic heterocycles. The van der Waals surface area contributed by atoms with Crippen molar-refractivity contribution in [2.24, 2.45) is 10.9 Å². The smallest absolute Gasteiger partial charge is 0.308 e. The maximum atomic E-state index is 13.7. The van der Waals surface area contributed by atoms with E-state index in [4.69, 9.17) is 4.74 Å². The van der Waals surface area contributed by atoms with Crippen molar-refractivity contribution in [2.45, 2.75) is 26.3 Å². The van der Waals surface area contributed by atoms with E-state index in [-0.39, 0.29) is 17.7 Å². The number of guanidine groups is 1. The monoisotopic (exact) mass is 321 g/mol. The zero-order valence-electron chi connectivity index (χ0n) is 13.7. The molecule has 0 amide bonds. The molecule has 1 saturated heterocycles. The molecule has 126 valence electrons. The molecule has 6 heteroatoms. The van der Waals surface area contributed by atoms with Gasteiger partial charge in [-0.1, -0.05) is 18.2 Å². The average Bonchev–Trinajstić information content (AvgIpc) is 2.59. The fraction of sp³-hybridized carbons (Fsp3) is 0.529. The van der Waals surface area contributed by atoms with Gasteiger partial charge in [-0.05, 0) is 25.8 Å². The molecule has 1 heterocycles. The summed E-state index contributed by atoms with van der Waals surface area (Å²) in [7, 11) is 1.43. The molecule has 1 N–H and O–H groups in total. The number of aliphatic imine (C=N–C) groups is 1. The molecule has 1 aliphatic heterocycles. The van der Waals surface area contributed by atoms with Gasteiger partial charge in [0.2, 0.25) is 0 Å². The lowest BCUT2D eigenvalue weighted by Crippen LogP contribution is -2.46. The van der Waals surface area contributed by atoms with E-state index in [0.29, 0.717) is 12.1 Å². The highest BCUT2D eigenvalue weighted by Crippen LogP contribution is 2.18. The number of carbonyl (C=O) groups is 1. The van der Waals surface area contributed by atoms with Gasteiger partial charge in [-0.25, -0.2) is 9.38 Å². The minimum absolute atomic E-state index is 0.0364. The quantitative estimate of drug-likeness (QED) is 0.525. The Morgan fingerprint density at radius 1 is 1.39 bits per heavy atom. The number of methoxy groups -OCH3 is 1. The highest BCUT2D eigenvalue weighted by atomic mass is 19.1. The SMILES string of the molecule is CCNC(=NCc1ccccc1F)N1CCC(C(=O)OC)CC1. The third kappa shape index (κ3) is 4.68. The molecule has 23 heavy (non-hydrogen) atoms. The predicted octanol–water partition coefficient (Wildman–Crippen LogP) is 2.18. The van der Waals surface area contributed by atoms with Crippen molar-refractivity contribution in [2.75, 3.05) is 26.7 Å². The molecule has 0 saturated carbocycles. The summed E-state index contributed by atoms with van der Waals surface area (Å²) in [6, 6.07) is 6.67. The van der Waals surface area contributed by atoms with Gasteiger partial charge in [0.1, 0.15) is 5.82 Å². The van der Waals surface area contributed by atoms with Gasteiger partial charge in [0.25, 0.3) is 0 Å². The van der Waals surface area contributed by atoms with Crippen LogP contribution in [0.3, 0.4) is 0 Å². The number of nitrogens with zero attached hydrogens (tertiary/aromatic N) is 2. The zero-order valence-corrected chi connectivity index (χ0v) is 13.7. The van der Waals surface area contributed by atoms with E-state index in [1.165, 1.54) is 13.2 Å². The van der Waals surface area contributed by atoms with Crippen molar-refractivity contribution >= 4 is 11.9 Å². The number of piperidine rings is 1.